The fourth-order valence-electron chi connectivity index (χ4n) is 2.36. The van der Waals surface area contributed by atoms with Crippen LogP contribution >= 0.6 is 0 Å². The van der Waals surface area contributed by atoms with Gasteiger partial charge in [-0.25, -0.2) is 4.79 Å². The van der Waals surface area contributed by atoms with Gasteiger partial charge in [0.25, 0.3) is 0 Å². The van der Waals surface area contributed by atoms with Crippen molar-refractivity contribution < 1.29 is 18.8 Å². The van der Waals surface area contributed by atoms with Crippen LogP contribution in [0.5, 0.6) is 0 Å². The molecule has 1 N–H and O–H groups in total. The molecule has 0 saturated carbocycles. The number of nitrogens with one attached hydrogen (secondary N) is 1. The maximum absolute atomic E-state index is 11.4. The van der Waals surface area contributed by atoms with Crippen LogP contribution in [0.15, 0.2) is 28.8 Å². The number of hydrogen-bond donors (Lipinski definition) is 1. The SMILES string of the molecule is COC(=O)c1ccc(-c2noc([C@H]3NCCO[C@@H]3C)n2)cc1. The molecule has 22 heavy (non-hydrogen) atoms. The lowest BCUT2D eigenvalue weighted by Gasteiger charge is -2.27. The Morgan fingerprint density at radius 3 is 2.82 bits per heavy atom. The van der Waals surface area contributed by atoms with E-state index in [4.69, 9.17) is 9.26 Å². The van der Waals surface area contributed by atoms with Gasteiger partial charge in [0.15, 0.2) is 0 Å². The van der Waals surface area contributed by atoms with Crippen LogP contribution < -0.4 is 5.32 Å². The second-order valence-electron chi connectivity index (χ2n) is 5.03. The fraction of sp³-hybridized carbons (Fsp3) is 0.400. The summed E-state index contributed by atoms with van der Waals surface area (Å²) in [4.78, 5) is 15.8. The number of ether oxygens (including phenoxy) is 2. The lowest BCUT2D eigenvalue weighted by atomic mass is 10.1. The van der Waals surface area contributed by atoms with Crippen LogP contribution in [0.25, 0.3) is 11.4 Å². The zero-order valence-electron chi connectivity index (χ0n) is 12.4. The van der Waals surface area contributed by atoms with Crippen LogP contribution in [0, 0.1) is 0 Å². The van der Waals surface area contributed by atoms with Crippen LogP contribution in [-0.2, 0) is 9.47 Å². The third kappa shape index (κ3) is 2.86. The molecule has 116 valence electrons. The number of rotatable bonds is 3. The van der Waals surface area contributed by atoms with Crippen LogP contribution in [0.4, 0.5) is 0 Å². The molecule has 1 aliphatic rings. The van der Waals surface area contributed by atoms with Gasteiger partial charge in [-0.15, -0.1) is 0 Å². The average molecular weight is 303 g/mol. The third-order valence-corrected chi connectivity index (χ3v) is 3.59. The van der Waals surface area contributed by atoms with Crippen molar-refractivity contribution >= 4 is 5.97 Å². The quantitative estimate of drug-likeness (QED) is 0.861. The molecule has 0 amide bonds. The summed E-state index contributed by atoms with van der Waals surface area (Å²) in [5.74, 6) is 0.600. The van der Waals surface area contributed by atoms with Crippen molar-refractivity contribution in [2.75, 3.05) is 20.3 Å². The summed E-state index contributed by atoms with van der Waals surface area (Å²) in [5, 5.41) is 7.29. The predicted octanol–water partition coefficient (Wildman–Crippen LogP) is 1.57. The number of methoxy groups -OCH3 is 1. The molecule has 1 saturated heterocycles. The zero-order chi connectivity index (χ0) is 15.5. The van der Waals surface area contributed by atoms with Crippen molar-refractivity contribution in [1.82, 2.24) is 15.5 Å². The molecular formula is C15H17N3O4. The monoisotopic (exact) mass is 303 g/mol. The van der Waals surface area contributed by atoms with Gasteiger partial charge in [-0.2, -0.15) is 4.98 Å². The first-order valence-electron chi connectivity index (χ1n) is 7.06. The van der Waals surface area contributed by atoms with Crippen molar-refractivity contribution in [3.05, 3.63) is 35.7 Å². The first-order valence-corrected chi connectivity index (χ1v) is 7.06. The molecule has 0 spiro atoms. The highest BCUT2D eigenvalue weighted by molar-refractivity contribution is 5.89. The summed E-state index contributed by atoms with van der Waals surface area (Å²) in [6.45, 7) is 3.39. The second kappa shape index (κ2) is 6.25. The summed E-state index contributed by atoms with van der Waals surface area (Å²) in [6, 6.07) is 6.75. The Balaban J connectivity index is 1.80. The third-order valence-electron chi connectivity index (χ3n) is 3.59. The van der Waals surface area contributed by atoms with Crippen molar-refractivity contribution in [2.24, 2.45) is 0 Å². The van der Waals surface area contributed by atoms with Crippen LogP contribution in [-0.4, -0.2) is 42.5 Å². The Morgan fingerprint density at radius 2 is 2.14 bits per heavy atom. The largest absolute Gasteiger partial charge is 0.465 e. The average Bonchev–Trinajstić information content (AvgIpc) is 3.04. The Morgan fingerprint density at radius 1 is 1.36 bits per heavy atom. The number of benzene rings is 1. The van der Waals surface area contributed by atoms with Gasteiger partial charge < -0.3 is 19.3 Å². The highest BCUT2D eigenvalue weighted by Crippen LogP contribution is 2.23. The summed E-state index contributed by atoms with van der Waals surface area (Å²) in [5.41, 5.74) is 1.25. The van der Waals surface area contributed by atoms with E-state index in [0.717, 1.165) is 12.1 Å². The van der Waals surface area contributed by atoms with Gasteiger partial charge in [-0.05, 0) is 19.1 Å². The minimum Gasteiger partial charge on any atom is -0.465 e. The summed E-state index contributed by atoms with van der Waals surface area (Å²) < 4.78 is 15.6. The van der Waals surface area contributed by atoms with E-state index in [2.05, 4.69) is 20.2 Å². The van der Waals surface area contributed by atoms with Gasteiger partial charge in [-0.3, -0.25) is 0 Å². The van der Waals surface area contributed by atoms with Crippen LogP contribution in [0.3, 0.4) is 0 Å². The van der Waals surface area contributed by atoms with Crippen LogP contribution in [0.1, 0.15) is 29.2 Å². The molecule has 2 atom stereocenters. The normalized spacial score (nSPS) is 21.5. The van der Waals surface area contributed by atoms with Gasteiger partial charge in [0.1, 0.15) is 6.04 Å². The minimum atomic E-state index is -0.377. The number of aromatic nitrogens is 2. The van der Waals surface area contributed by atoms with E-state index in [1.165, 1.54) is 7.11 Å². The van der Waals surface area contributed by atoms with E-state index in [1.807, 2.05) is 6.92 Å². The molecule has 2 heterocycles. The number of carbonyl (C=O) groups excluding carboxylic acids is 1. The van der Waals surface area contributed by atoms with E-state index < -0.39 is 0 Å². The number of carbonyl (C=O) groups is 1. The Hall–Kier alpha value is -2.25. The molecule has 2 aromatic rings. The molecule has 0 aliphatic carbocycles. The number of morpholine rings is 1. The predicted molar refractivity (Wildman–Crippen MR) is 77.2 cm³/mol. The second-order valence-corrected chi connectivity index (χ2v) is 5.03. The van der Waals surface area contributed by atoms with Gasteiger partial charge in [-0.1, -0.05) is 17.3 Å². The van der Waals surface area contributed by atoms with E-state index in [9.17, 15) is 4.79 Å². The zero-order valence-corrected chi connectivity index (χ0v) is 12.4. The lowest BCUT2D eigenvalue weighted by Crippen LogP contribution is -2.40. The van der Waals surface area contributed by atoms with E-state index in [1.54, 1.807) is 24.3 Å². The highest BCUT2D eigenvalue weighted by Gasteiger charge is 2.28. The number of hydrogen-bond acceptors (Lipinski definition) is 7. The fourth-order valence-corrected chi connectivity index (χ4v) is 2.36. The van der Waals surface area contributed by atoms with E-state index >= 15 is 0 Å². The Kier molecular flexibility index (Phi) is 4.17. The Labute approximate surface area is 127 Å². The highest BCUT2D eigenvalue weighted by atomic mass is 16.5. The van der Waals surface area contributed by atoms with Gasteiger partial charge >= 0.3 is 5.97 Å². The molecule has 1 aromatic heterocycles. The standard InChI is InChI=1S/C15H17N3O4/c1-9-12(16-7-8-21-9)14-17-13(18-22-14)10-3-5-11(6-4-10)15(19)20-2/h3-6,9,12,16H,7-8H2,1-2H3/t9-,12+/m1/s1. The molecule has 0 unspecified atom stereocenters. The van der Waals surface area contributed by atoms with Crippen molar-refractivity contribution in [2.45, 2.75) is 19.1 Å². The van der Waals surface area contributed by atoms with Crippen molar-refractivity contribution in [1.29, 1.82) is 0 Å². The molecule has 1 fully saturated rings. The first kappa shape index (κ1) is 14.7. The van der Waals surface area contributed by atoms with E-state index in [-0.39, 0.29) is 18.1 Å². The summed E-state index contributed by atoms with van der Waals surface area (Å²) >= 11 is 0. The molecule has 0 bridgehead atoms. The van der Waals surface area contributed by atoms with Crippen molar-refractivity contribution in [3.63, 3.8) is 0 Å². The molecule has 7 nitrogen and oxygen atoms in total. The van der Waals surface area contributed by atoms with Gasteiger partial charge in [0, 0.05) is 12.1 Å². The van der Waals surface area contributed by atoms with Gasteiger partial charge in [0.05, 0.1) is 25.4 Å². The lowest BCUT2D eigenvalue weighted by molar-refractivity contribution is -0.00136. The maximum atomic E-state index is 11.4. The number of nitrogens with zero attached hydrogens (tertiary/aromatic N) is 2. The topological polar surface area (TPSA) is 86.5 Å². The first-order chi connectivity index (χ1) is 10.7. The Bertz CT molecular complexity index is 653. The molecule has 1 aliphatic heterocycles. The maximum Gasteiger partial charge on any atom is 0.337 e. The summed E-state index contributed by atoms with van der Waals surface area (Å²) in [7, 11) is 1.35. The smallest absolute Gasteiger partial charge is 0.337 e. The molecule has 1 aromatic carbocycles. The molecule has 7 heteroatoms. The molecular weight excluding hydrogens is 286 g/mol. The molecule has 3 rings (SSSR count). The van der Waals surface area contributed by atoms with Crippen LogP contribution in [0.2, 0.25) is 0 Å². The van der Waals surface area contributed by atoms with Gasteiger partial charge in [0.2, 0.25) is 11.7 Å². The van der Waals surface area contributed by atoms with E-state index in [0.29, 0.717) is 23.9 Å². The summed E-state index contributed by atoms with van der Waals surface area (Å²) in [6.07, 6.45) is -0.0243. The van der Waals surface area contributed by atoms with Crippen molar-refractivity contribution in [3.8, 4) is 11.4 Å². The number of esters is 1. The minimum absolute atomic E-state index is 0.0243. The molecule has 0 radical (unpaired) electrons.